The number of halogens is 1. The number of fused-ring (bicyclic) bond motifs is 1. The van der Waals surface area contributed by atoms with Crippen LogP contribution in [-0.2, 0) is 16.1 Å². The molecule has 3 rings (SSSR count). The molecule has 1 amide bonds. The van der Waals surface area contributed by atoms with Crippen LogP contribution >= 0.6 is 11.3 Å². The average molecular weight is 372 g/mol. The number of aryl methyl sites for hydroxylation is 1. The van der Waals surface area contributed by atoms with Crippen molar-refractivity contribution in [2.75, 3.05) is 6.61 Å². The van der Waals surface area contributed by atoms with Crippen LogP contribution in [-0.4, -0.2) is 23.1 Å². The molecule has 0 aliphatic carbocycles. The number of nitrogens with zero attached hydrogens (tertiary/aromatic N) is 2. The molecule has 2 aromatic carbocycles. The van der Waals surface area contributed by atoms with E-state index in [1.54, 1.807) is 29.7 Å². The normalized spacial score (nSPS) is 11.7. The van der Waals surface area contributed by atoms with Gasteiger partial charge in [-0.25, -0.2) is 4.39 Å². The number of hydrogen-bond donors (Lipinski definition) is 0. The van der Waals surface area contributed by atoms with Gasteiger partial charge in [-0.15, -0.1) is 0 Å². The van der Waals surface area contributed by atoms with E-state index in [2.05, 4.69) is 4.99 Å². The van der Waals surface area contributed by atoms with Crippen molar-refractivity contribution in [3.05, 3.63) is 64.2 Å². The maximum absolute atomic E-state index is 13.5. The van der Waals surface area contributed by atoms with E-state index < -0.39 is 11.9 Å². The first-order valence-corrected chi connectivity index (χ1v) is 8.90. The lowest BCUT2D eigenvalue weighted by molar-refractivity contribution is -0.143. The number of benzene rings is 2. The first kappa shape index (κ1) is 18.0. The maximum atomic E-state index is 13.5. The first-order valence-electron chi connectivity index (χ1n) is 8.08. The second-order valence-corrected chi connectivity index (χ2v) is 6.63. The molecule has 1 heterocycles. The molecule has 0 aliphatic heterocycles. The Labute approximate surface area is 153 Å². The molecule has 3 aromatic rings. The van der Waals surface area contributed by atoms with Crippen molar-refractivity contribution in [3.8, 4) is 0 Å². The lowest BCUT2D eigenvalue weighted by Crippen LogP contribution is -2.23. The molecular weight excluding hydrogens is 355 g/mol. The fraction of sp³-hybridized carbons (Fsp3) is 0.211. The van der Waals surface area contributed by atoms with Crippen molar-refractivity contribution in [1.29, 1.82) is 0 Å². The van der Waals surface area contributed by atoms with E-state index in [-0.39, 0.29) is 19.0 Å². The zero-order valence-electron chi connectivity index (χ0n) is 14.4. The van der Waals surface area contributed by atoms with Crippen molar-refractivity contribution >= 4 is 33.4 Å². The van der Waals surface area contributed by atoms with Gasteiger partial charge < -0.3 is 9.30 Å². The highest BCUT2D eigenvalue weighted by atomic mass is 32.1. The van der Waals surface area contributed by atoms with Crippen LogP contribution in [0.1, 0.15) is 22.8 Å². The van der Waals surface area contributed by atoms with Crippen LogP contribution in [0.3, 0.4) is 0 Å². The Balaban J connectivity index is 2.13. The molecule has 0 bridgehead atoms. The second kappa shape index (κ2) is 7.61. The van der Waals surface area contributed by atoms with Gasteiger partial charge in [0, 0.05) is 5.56 Å². The molecule has 0 aliphatic rings. The van der Waals surface area contributed by atoms with Crippen molar-refractivity contribution in [2.24, 2.45) is 4.99 Å². The summed E-state index contributed by atoms with van der Waals surface area (Å²) in [6, 6.07) is 11.4. The summed E-state index contributed by atoms with van der Waals surface area (Å²) >= 11 is 1.15. The number of rotatable bonds is 4. The number of esters is 1. The van der Waals surface area contributed by atoms with Gasteiger partial charge in [-0.1, -0.05) is 29.5 Å². The van der Waals surface area contributed by atoms with Gasteiger partial charge in [-0.3, -0.25) is 9.59 Å². The van der Waals surface area contributed by atoms with E-state index in [0.717, 1.165) is 16.9 Å². The molecule has 0 spiro atoms. The van der Waals surface area contributed by atoms with Crippen molar-refractivity contribution in [3.63, 3.8) is 0 Å². The largest absolute Gasteiger partial charge is 0.465 e. The molecule has 0 saturated carbocycles. The van der Waals surface area contributed by atoms with Crippen LogP contribution in [0.15, 0.2) is 47.5 Å². The molecule has 0 radical (unpaired) electrons. The number of ether oxygens (including phenoxy) is 1. The molecule has 134 valence electrons. The van der Waals surface area contributed by atoms with E-state index >= 15 is 0 Å². The van der Waals surface area contributed by atoms with E-state index in [0.29, 0.717) is 20.6 Å². The summed E-state index contributed by atoms with van der Waals surface area (Å²) in [4.78, 5) is 29.0. The highest BCUT2D eigenvalue weighted by molar-refractivity contribution is 7.16. The van der Waals surface area contributed by atoms with Crippen molar-refractivity contribution < 1.29 is 18.7 Å². The Morgan fingerprint density at radius 1 is 1.23 bits per heavy atom. The molecule has 0 saturated heterocycles. The lowest BCUT2D eigenvalue weighted by atomic mass is 10.1. The highest BCUT2D eigenvalue weighted by Crippen LogP contribution is 2.19. The van der Waals surface area contributed by atoms with Crippen LogP contribution in [0.2, 0.25) is 0 Å². The third kappa shape index (κ3) is 3.72. The van der Waals surface area contributed by atoms with Crippen LogP contribution in [0.25, 0.3) is 10.2 Å². The summed E-state index contributed by atoms with van der Waals surface area (Å²) in [7, 11) is 0. The van der Waals surface area contributed by atoms with E-state index in [4.69, 9.17) is 4.74 Å². The van der Waals surface area contributed by atoms with Gasteiger partial charge in [0.2, 0.25) is 0 Å². The predicted octanol–water partition coefficient (Wildman–Crippen LogP) is 3.45. The standard InChI is InChI=1S/C19H17FN2O3S/c1-3-25-17(23)11-22-15-9-8-13(20)10-16(15)26-19(22)21-18(24)14-7-5-4-6-12(14)2/h4-10H,3,11H2,1-2H3. The van der Waals surface area contributed by atoms with Crippen LogP contribution < -0.4 is 4.80 Å². The predicted molar refractivity (Wildman–Crippen MR) is 97.5 cm³/mol. The monoisotopic (exact) mass is 372 g/mol. The van der Waals surface area contributed by atoms with Gasteiger partial charge in [-0.2, -0.15) is 4.99 Å². The van der Waals surface area contributed by atoms with Crippen molar-refractivity contribution in [1.82, 2.24) is 4.57 Å². The van der Waals surface area contributed by atoms with Gasteiger partial charge in [0.25, 0.3) is 5.91 Å². The Morgan fingerprint density at radius 3 is 2.73 bits per heavy atom. The summed E-state index contributed by atoms with van der Waals surface area (Å²) in [6.45, 7) is 3.70. The number of amides is 1. The third-order valence-corrected chi connectivity index (χ3v) is 4.85. The quantitative estimate of drug-likeness (QED) is 0.659. The van der Waals surface area contributed by atoms with Gasteiger partial charge in [0.05, 0.1) is 16.8 Å². The minimum atomic E-state index is -0.443. The van der Waals surface area contributed by atoms with E-state index in [1.165, 1.54) is 12.1 Å². The number of carbonyl (C=O) groups excluding carboxylic acids is 2. The van der Waals surface area contributed by atoms with Gasteiger partial charge in [0.1, 0.15) is 12.4 Å². The highest BCUT2D eigenvalue weighted by Gasteiger charge is 2.14. The molecule has 0 N–H and O–H groups in total. The Bertz CT molecular complexity index is 1050. The first-order chi connectivity index (χ1) is 12.5. The third-order valence-electron chi connectivity index (χ3n) is 3.81. The number of carbonyl (C=O) groups is 2. The number of hydrogen-bond acceptors (Lipinski definition) is 4. The Morgan fingerprint density at radius 2 is 2.00 bits per heavy atom. The van der Waals surface area contributed by atoms with Gasteiger partial charge in [0.15, 0.2) is 4.80 Å². The minimum Gasteiger partial charge on any atom is -0.465 e. The minimum absolute atomic E-state index is 0.0979. The van der Waals surface area contributed by atoms with E-state index in [1.807, 2.05) is 19.1 Å². The summed E-state index contributed by atoms with van der Waals surface area (Å²) in [5.74, 6) is -1.24. The van der Waals surface area contributed by atoms with Gasteiger partial charge >= 0.3 is 5.97 Å². The maximum Gasteiger partial charge on any atom is 0.326 e. The molecular formula is C19H17FN2O3S. The number of aromatic nitrogens is 1. The zero-order chi connectivity index (χ0) is 18.7. The summed E-state index contributed by atoms with van der Waals surface area (Å²) in [5.41, 5.74) is 1.92. The van der Waals surface area contributed by atoms with Gasteiger partial charge in [-0.05, 0) is 43.7 Å². The van der Waals surface area contributed by atoms with Crippen LogP contribution in [0.5, 0.6) is 0 Å². The summed E-state index contributed by atoms with van der Waals surface area (Å²) in [5, 5.41) is 0. The molecule has 0 unspecified atom stereocenters. The van der Waals surface area contributed by atoms with Crippen LogP contribution in [0.4, 0.5) is 4.39 Å². The lowest BCUT2D eigenvalue weighted by Gasteiger charge is -2.05. The SMILES string of the molecule is CCOC(=O)Cn1c(=NC(=O)c2ccccc2C)sc2cc(F)ccc21. The molecule has 0 fully saturated rings. The second-order valence-electron chi connectivity index (χ2n) is 5.62. The van der Waals surface area contributed by atoms with E-state index in [9.17, 15) is 14.0 Å². The fourth-order valence-electron chi connectivity index (χ4n) is 2.58. The smallest absolute Gasteiger partial charge is 0.326 e. The molecule has 0 atom stereocenters. The molecule has 1 aromatic heterocycles. The number of thiazole rings is 1. The average Bonchev–Trinajstić information content (AvgIpc) is 2.91. The van der Waals surface area contributed by atoms with Crippen LogP contribution in [0, 0.1) is 12.7 Å². The summed E-state index contributed by atoms with van der Waals surface area (Å²) in [6.07, 6.45) is 0. The van der Waals surface area contributed by atoms with Crippen molar-refractivity contribution in [2.45, 2.75) is 20.4 Å². The zero-order valence-corrected chi connectivity index (χ0v) is 15.2. The summed E-state index contributed by atoms with van der Waals surface area (Å²) < 4.78 is 20.7. The Kier molecular flexibility index (Phi) is 5.27. The fourth-order valence-corrected chi connectivity index (χ4v) is 3.63. The topological polar surface area (TPSA) is 60.7 Å². The Hall–Kier alpha value is -2.80. The molecule has 5 nitrogen and oxygen atoms in total. The molecule has 7 heteroatoms. The molecule has 26 heavy (non-hydrogen) atoms.